The fourth-order valence-electron chi connectivity index (χ4n) is 2.37. The fraction of sp³-hybridized carbons (Fsp3) is 0.500. The van der Waals surface area contributed by atoms with Gasteiger partial charge in [0, 0.05) is 16.1 Å². The number of hydrogen-bond acceptors (Lipinski definition) is 2. The average Bonchev–Trinajstić information content (AvgIpc) is 2.66. The lowest BCUT2D eigenvalue weighted by atomic mass is 9.87. The van der Waals surface area contributed by atoms with E-state index in [1.165, 1.54) is 12.1 Å². The van der Waals surface area contributed by atoms with Crippen LogP contribution in [0.25, 0.3) is 0 Å². The van der Waals surface area contributed by atoms with E-state index in [4.69, 9.17) is 17.3 Å². The standard InChI is InChI=1S/C12H15ClFNO/c13-8-4-3-5-9(14)10(8)11(16)12(15)6-1-2-7-12/h3-5,11,16H,1-2,6-7,15H2. The molecular formula is C12H15ClFNO. The molecule has 1 aliphatic rings. The minimum atomic E-state index is -1.02. The van der Waals surface area contributed by atoms with Crippen LogP contribution in [0.4, 0.5) is 4.39 Å². The zero-order valence-corrected chi connectivity index (χ0v) is 9.67. The lowest BCUT2D eigenvalue weighted by molar-refractivity contribution is 0.0839. The third kappa shape index (κ3) is 1.95. The Morgan fingerprint density at radius 2 is 2.00 bits per heavy atom. The molecule has 0 radical (unpaired) electrons. The maximum atomic E-state index is 13.6. The van der Waals surface area contributed by atoms with E-state index in [2.05, 4.69) is 0 Å². The highest BCUT2D eigenvalue weighted by Crippen LogP contribution is 2.40. The summed E-state index contributed by atoms with van der Waals surface area (Å²) in [6.45, 7) is 0. The van der Waals surface area contributed by atoms with Crippen molar-refractivity contribution in [2.45, 2.75) is 37.3 Å². The van der Waals surface area contributed by atoms with E-state index in [9.17, 15) is 9.50 Å². The predicted molar refractivity (Wildman–Crippen MR) is 61.8 cm³/mol. The van der Waals surface area contributed by atoms with Crippen molar-refractivity contribution in [3.8, 4) is 0 Å². The van der Waals surface area contributed by atoms with Crippen molar-refractivity contribution in [2.75, 3.05) is 0 Å². The molecule has 1 aromatic carbocycles. The molecule has 1 atom stereocenters. The van der Waals surface area contributed by atoms with E-state index in [-0.39, 0.29) is 10.6 Å². The van der Waals surface area contributed by atoms with Crippen LogP contribution in [-0.4, -0.2) is 10.6 Å². The monoisotopic (exact) mass is 243 g/mol. The van der Waals surface area contributed by atoms with Gasteiger partial charge in [-0.15, -0.1) is 0 Å². The van der Waals surface area contributed by atoms with Crippen LogP contribution in [0.2, 0.25) is 5.02 Å². The summed E-state index contributed by atoms with van der Waals surface area (Å²) in [7, 11) is 0. The summed E-state index contributed by atoms with van der Waals surface area (Å²) in [5, 5.41) is 10.4. The maximum Gasteiger partial charge on any atom is 0.130 e. The van der Waals surface area contributed by atoms with Crippen molar-refractivity contribution in [1.29, 1.82) is 0 Å². The molecule has 0 spiro atoms. The molecule has 0 bridgehead atoms. The number of aliphatic hydroxyl groups is 1. The van der Waals surface area contributed by atoms with Crippen molar-refractivity contribution in [1.82, 2.24) is 0 Å². The van der Waals surface area contributed by atoms with Crippen LogP contribution in [0.3, 0.4) is 0 Å². The van der Waals surface area contributed by atoms with Crippen LogP contribution >= 0.6 is 11.6 Å². The first kappa shape index (κ1) is 11.8. The van der Waals surface area contributed by atoms with Gasteiger partial charge in [0.25, 0.3) is 0 Å². The Labute approximate surface area is 99.2 Å². The summed E-state index contributed by atoms with van der Waals surface area (Å²) < 4.78 is 13.6. The van der Waals surface area contributed by atoms with Crippen molar-refractivity contribution in [3.05, 3.63) is 34.6 Å². The number of halogens is 2. The molecule has 1 unspecified atom stereocenters. The SMILES string of the molecule is NC1(C(O)c2c(F)cccc2Cl)CCCC1. The largest absolute Gasteiger partial charge is 0.386 e. The second-order valence-corrected chi connectivity index (χ2v) is 4.89. The summed E-state index contributed by atoms with van der Waals surface area (Å²) >= 11 is 5.91. The molecule has 16 heavy (non-hydrogen) atoms. The summed E-state index contributed by atoms with van der Waals surface area (Å²) in [6.07, 6.45) is 2.33. The molecule has 2 rings (SSSR count). The molecule has 0 saturated heterocycles. The molecule has 0 aliphatic heterocycles. The van der Waals surface area contributed by atoms with Gasteiger partial charge in [-0.1, -0.05) is 30.5 Å². The van der Waals surface area contributed by atoms with Crippen LogP contribution in [0.1, 0.15) is 37.4 Å². The van der Waals surface area contributed by atoms with Crippen LogP contribution in [0, 0.1) is 5.82 Å². The number of benzene rings is 1. The third-order valence-electron chi connectivity index (χ3n) is 3.35. The molecule has 0 heterocycles. The maximum absolute atomic E-state index is 13.6. The third-order valence-corrected chi connectivity index (χ3v) is 3.68. The van der Waals surface area contributed by atoms with Crippen molar-refractivity contribution in [2.24, 2.45) is 5.73 Å². The molecule has 0 amide bonds. The van der Waals surface area contributed by atoms with Crippen molar-refractivity contribution in [3.63, 3.8) is 0 Å². The molecule has 0 aromatic heterocycles. The fourth-order valence-corrected chi connectivity index (χ4v) is 2.63. The molecular weight excluding hydrogens is 229 g/mol. The quantitative estimate of drug-likeness (QED) is 0.839. The Morgan fingerprint density at radius 3 is 2.56 bits per heavy atom. The highest BCUT2D eigenvalue weighted by Gasteiger charge is 2.39. The van der Waals surface area contributed by atoms with Gasteiger partial charge in [-0.25, -0.2) is 4.39 Å². The van der Waals surface area contributed by atoms with Gasteiger partial charge in [0.2, 0.25) is 0 Å². The van der Waals surface area contributed by atoms with Crippen LogP contribution in [0.5, 0.6) is 0 Å². The van der Waals surface area contributed by atoms with Crippen LogP contribution < -0.4 is 5.73 Å². The van der Waals surface area contributed by atoms with Gasteiger partial charge in [-0.05, 0) is 25.0 Å². The van der Waals surface area contributed by atoms with E-state index in [0.717, 1.165) is 12.8 Å². The first-order chi connectivity index (χ1) is 7.54. The van der Waals surface area contributed by atoms with Gasteiger partial charge in [0.05, 0.1) is 0 Å². The van der Waals surface area contributed by atoms with Crippen LogP contribution in [-0.2, 0) is 0 Å². The Morgan fingerprint density at radius 1 is 1.38 bits per heavy atom. The Kier molecular flexibility index (Phi) is 3.19. The van der Waals surface area contributed by atoms with E-state index in [1.807, 2.05) is 0 Å². The Bertz CT molecular complexity index is 370. The number of aliphatic hydroxyl groups excluding tert-OH is 1. The van der Waals surface area contributed by atoms with Gasteiger partial charge >= 0.3 is 0 Å². The van der Waals surface area contributed by atoms with E-state index in [0.29, 0.717) is 12.8 Å². The Hall–Kier alpha value is -0.640. The first-order valence-corrected chi connectivity index (χ1v) is 5.83. The van der Waals surface area contributed by atoms with Gasteiger partial charge in [0.1, 0.15) is 11.9 Å². The highest BCUT2D eigenvalue weighted by molar-refractivity contribution is 6.31. The Balaban J connectivity index is 2.36. The number of nitrogens with two attached hydrogens (primary N) is 1. The summed E-state index contributed by atoms with van der Waals surface area (Å²) in [5.41, 5.74) is 5.50. The molecule has 4 heteroatoms. The summed E-state index contributed by atoms with van der Waals surface area (Å²) in [4.78, 5) is 0. The van der Waals surface area contributed by atoms with Gasteiger partial charge < -0.3 is 10.8 Å². The minimum absolute atomic E-state index is 0.133. The highest BCUT2D eigenvalue weighted by atomic mass is 35.5. The topological polar surface area (TPSA) is 46.2 Å². The average molecular weight is 244 g/mol. The zero-order chi connectivity index (χ0) is 11.8. The lowest BCUT2D eigenvalue weighted by Crippen LogP contribution is -2.43. The van der Waals surface area contributed by atoms with Gasteiger partial charge in [-0.3, -0.25) is 0 Å². The molecule has 1 aliphatic carbocycles. The normalized spacial score (nSPS) is 21.0. The second-order valence-electron chi connectivity index (χ2n) is 4.48. The molecule has 1 fully saturated rings. The predicted octanol–water partition coefficient (Wildman–Crippen LogP) is 2.78. The molecule has 3 N–H and O–H groups in total. The van der Waals surface area contributed by atoms with Crippen molar-refractivity contribution >= 4 is 11.6 Å². The van der Waals surface area contributed by atoms with E-state index < -0.39 is 17.5 Å². The smallest absolute Gasteiger partial charge is 0.130 e. The summed E-state index contributed by atoms with van der Waals surface area (Å²) in [5.74, 6) is -0.489. The van der Waals surface area contributed by atoms with E-state index in [1.54, 1.807) is 6.07 Å². The first-order valence-electron chi connectivity index (χ1n) is 5.45. The van der Waals surface area contributed by atoms with Gasteiger partial charge in [0.15, 0.2) is 0 Å². The summed E-state index contributed by atoms with van der Waals surface area (Å²) in [6, 6.07) is 4.38. The molecule has 1 aromatic rings. The second kappa shape index (κ2) is 4.32. The van der Waals surface area contributed by atoms with Crippen molar-refractivity contribution < 1.29 is 9.50 Å². The van der Waals surface area contributed by atoms with Crippen LogP contribution in [0.15, 0.2) is 18.2 Å². The molecule has 2 nitrogen and oxygen atoms in total. The number of rotatable bonds is 2. The minimum Gasteiger partial charge on any atom is -0.386 e. The molecule has 88 valence electrons. The number of hydrogen-bond donors (Lipinski definition) is 2. The van der Waals surface area contributed by atoms with Gasteiger partial charge in [-0.2, -0.15) is 0 Å². The zero-order valence-electron chi connectivity index (χ0n) is 8.92. The lowest BCUT2D eigenvalue weighted by Gasteiger charge is -2.30. The molecule has 1 saturated carbocycles. The van der Waals surface area contributed by atoms with E-state index >= 15 is 0 Å².